The van der Waals surface area contributed by atoms with Crippen LogP contribution in [0.4, 0.5) is 5.82 Å². The quantitative estimate of drug-likeness (QED) is 0.305. The highest BCUT2D eigenvalue weighted by Crippen LogP contribution is 2.27. The van der Waals surface area contributed by atoms with Crippen molar-refractivity contribution in [3.05, 3.63) is 89.2 Å². The largest absolute Gasteiger partial charge is 0.497 e. The van der Waals surface area contributed by atoms with Crippen molar-refractivity contribution in [1.82, 2.24) is 19.2 Å². The van der Waals surface area contributed by atoms with E-state index in [1.807, 2.05) is 53.2 Å². The number of imidazole rings is 1. The molecule has 0 aliphatic rings. The van der Waals surface area contributed by atoms with Crippen molar-refractivity contribution >= 4 is 29.0 Å². The molecule has 0 fully saturated rings. The lowest BCUT2D eigenvalue weighted by molar-refractivity contribution is 0.102. The molecule has 3 heterocycles. The first-order valence-corrected chi connectivity index (χ1v) is 11.7. The molecule has 9 nitrogen and oxygen atoms in total. The molecule has 1 amide bonds. The van der Waals surface area contributed by atoms with Crippen LogP contribution in [0.3, 0.4) is 0 Å². The fraction of sp³-hybridized carbons (Fsp3) is 0.148. The van der Waals surface area contributed by atoms with Crippen molar-refractivity contribution in [1.29, 1.82) is 0 Å². The first-order chi connectivity index (χ1) is 18.0. The molecule has 0 saturated carbocycles. The summed E-state index contributed by atoms with van der Waals surface area (Å²) < 4.78 is 19.5. The Morgan fingerprint density at radius 1 is 0.919 bits per heavy atom. The van der Waals surface area contributed by atoms with Crippen molar-refractivity contribution in [3.63, 3.8) is 0 Å². The topological polar surface area (TPSA) is 91.9 Å². The maximum atomic E-state index is 13.0. The predicted octanol–water partition coefficient (Wildman–Crippen LogP) is 5.18. The fourth-order valence-electron chi connectivity index (χ4n) is 3.92. The molecule has 188 valence electrons. The Kier molecular flexibility index (Phi) is 6.70. The molecule has 0 aliphatic carbocycles. The monoisotopic (exact) mass is 517 g/mol. The first-order valence-electron chi connectivity index (χ1n) is 11.4. The average molecular weight is 518 g/mol. The molecule has 0 atom stereocenters. The molecular formula is C27H24ClN5O4. The highest BCUT2D eigenvalue weighted by Gasteiger charge is 2.17. The molecular weight excluding hydrogens is 494 g/mol. The fourth-order valence-corrected chi connectivity index (χ4v) is 4.18. The van der Waals surface area contributed by atoms with Crippen LogP contribution in [-0.4, -0.2) is 46.4 Å². The maximum Gasteiger partial charge on any atom is 0.256 e. The minimum atomic E-state index is -0.343. The molecule has 37 heavy (non-hydrogen) atoms. The van der Waals surface area contributed by atoms with E-state index in [4.69, 9.17) is 30.8 Å². The van der Waals surface area contributed by atoms with E-state index in [2.05, 4.69) is 10.4 Å². The highest BCUT2D eigenvalue weighted by molar-refractivity contribution is 6.32. The van der Waals surface area contributed by atoms with Gasteiger partial charge >= 0.3 is 0 Å². The number of ether oxygens (including phenoxy) is 3. The van der Waals surface area contributed by atoms with Crippen LogP contribution in [-0.2, 0) is 6.54 Å². The van der Waals surface area contributed by atoms with Gasteiger partial charge in [0.05, 0.1) is 44.8 Å². The number of anilines is 1. The number of carbonyl (C=O) groups is 1. The van der Waals surface area contributed by atoms with Crippen LogP contribution in [0.1, 0.15) is 15.9 Å². The van der Waals surface area contributed by atoms with Crippen LogP contribution in [0.15, 0.2) is 73.1 Å². The third-order valence-corrected chi connectivity index (χ3v) is 6.14. The molecule has 10 heteroatoms. The summed E-state index contributed by atoms with van der Waals surface area (Å²) in [5, 5.41) is 7.88. The number of aromatic nitrogens is 4. The number of pyridine rings is 1. The third kappa shape index (κ3) is 5.07. The summed E-state index contributed by atoms with van der Waals surface area (Å²) in [6.45, 7) is 0.459. The zero-order valence-corrected chi connectivity index (χ0v) is 21.2. The zero-order chi connectivity index (χ0) is 25.9. The van der Waals surface area contributed by atoms with Gasteiger partial charge in [0.1, 0.15) is 28.6 Å². The average Bonchev–Trinajstić information content (AvgIpc) is 3.52. The van der Waals surface area contributed by atoms with Crippen LogP contribution >= 0.6 is 11.6 Å². The van der Waals surface area contributed by atoms with Gasteiger partial charge in [-0.15, -0.1) is 0 Å². The number of methoxy groups -OCH3 is 3. The van der Waals surface area contributed by atoms with Gasteiger partial charge in [-0.05, 0) is 48.0 Å². The normalized spacial score (nSPS) is 10.9. The molecule has 5 rings (SSSR count). The smallest absolute Gasteiger partial charge is 0.256 e. The maximum absolute atomic E-state index is 13.0. The van der Waals surface area contributed by atoms with Gasteiger partial charge < -0.3 is 23.9 Å². The third-order valence-electron chi connectivity index (χ3n) is 5.85. The first kappa shape index (κ1) is 24.2. The van der Waals surface area contributed by atoms with Crippen LogP contribution < -0.4 is 19.5 Å². The molecule has 0 saturated heterocycles. The van der Waals surface area contributed by atoms with E-state index in [9.17, 15) is 4.79 Å². The Morgan fingerprint density at radius 2 is 1.68 bits per heavy atom. The van der Waals surface area contributed by atoms with Gasteiger partial charge in [0.15, 0.2) is 5.82 Å². The van der Waals surface area contributed by atoms with E-state index < -0.39 is 0 Å². The van der Waals surface area contributed by atoms with E-state index in [0.717, 1.165) is 22.7 Å². The molecule has 1 N–H and O–H groups in total. The number of hydrogen-bond acceptors (Lipinski definition) is 6. The standard InChI is InChI=1S/C27H24ClN5O4/c1-35-19-7-4-17(5-8-19)14-33-23(22-16-32-15-20(36-2)9-11-26(32)29-22)13-25(31-33)30-27(34)18-6-10-24(37-3)21(28)12-18/h4-13,15-16H,14H2,1-3H3,(H,30,31,34). The molecule has 0 aliphatic heterocycles. The van der Waals surface area contributed by atoms with Crippen molar-refractivity contribution in [2.45, 2.75) is 6.54 Å². The van der Waals surface area contributed by atoms with Crippen molar-refractivity contribution in [2.24, 2.45) is 0 Å². The van der Waals surface area contributed by atoms with E-state index in [1.54, 1.807) is 43.2 Å². The molecule has 0 bridgehead atoms. The van der Waals surface area contributed by atoms with Gasteiger partial charge in [-0.1, -0.05) is 23.7 Å². The summed E-state index contributed by atoms with van der Waals surface area (Å²) in [4.78, 5) is 17.7. The second-order valence-electron chi connectivity index (χ2n) is 8.18. The lowest BCUT2D eigenvalue weighted by Gasteiger charge is -2.07. The van der Waals surface area contributed by atoms with E-state index >= 15 is 0 Å². The van der Waals surface area contributed by atoms with E-state index in [-0.39, 0.29) is 5.91 Å². The Bertz CT molecular complexity index is 1580. The SMILES string of the molecule is COc1ccc(Cn2nc(NC(=O)c3ccc(OC)c(Cl)c3)cc2-c2cn3cc(OC)ccc3n2)cc1. The lowest BCUT2D eigenvalue weighted by atomic mass is 10.2. The second-order valence-corrected chi connectivity index (χ2v) is 8.59. The highest BCUT2D eigenvalue weighted by atomic mass is 35.5. The summed E-state index contributed by atoms with van der Waals surface area (Å²) in [6.07, 6.45) is 3.75. The van der Waals surface area contributed by atoms with Crippen molar-refractivity contribution in [3.8, 4) is 28.6 Å². The minimum absolute atomic E-state index is 0.343. The number of nitrogens with one attached hydrogen (secondary N) is 1. The Morgan fingerprint density at radius 3 is 2.38 bits per heavy atom. The van der Waals surface area contributed by atoms with Gasteiger partial charge in [0.2, 0.25) is 0 Å². The summed E-state index contributed by atoms with van der Waals surface area (Å²) in [7, 11) is 4.77. The number of rotatable bonds is 8. The van der Waals surface area contributed by atoms with Gasteiger partial charge in [-0.2, -0.15) is 5.10 Å². The summed E-state index contributed by atoms with van der Waals surface area (Å²) in [5.41, 5.74) is 3.59. The number of halogens is 1. The second kappa shape index (κ2) is 10.2. The Hall–Kier alpha value is -4.50. The lowest BCUT2D eigenvalue weighted by Crippen LogP contribution is -2.13. The number of fused-ring (bicyclic) bond motifs is 1. The van der Waals surface area contributed by atoms with Crippen LogP contribution in [0.25, 0.3) is 17.0 Å². The Balaban J connectivity index is 1.50. The van der Waals surface area contributed by atoms with Crippen LogP contribution in [0, 0.1) is 0 Å². The van der Waals surface area contributed by atoms with Gasteiger partial charge in [0, 0.05) is 17.8 Å². The number of benzene rings is 2. The number of hydrogen-bond donors (Lipinski definition) is 1. The summed E-state index contributed by atoms with van der Waals surface area (Å²) in [5.74, 6) is 2.02. The molecule has 5 aromatic rings. The predicted molar refractivity (Wildman–Crippen MR) is 141 cm³/mol. The molecule has 0 unspecified atom stereocenters. The van der Waals surface area contributed by atoms with E-state index in [1.165, 1.54) is 7.11 Å². The van der Waals surface area contributed by atoms with Gasteiger partial charge in [-0.25, -0.2) is 4.98 Å². The van der Waals surface area contributed by atoms with Crippen LogP contribution in [0.2, 0.25) is 5.02 Å². The number of amides is 1. The molecule has 0 radical (unpaired) electrons. The van der Waals surface area contributed by atoms with Crippen molar-refractivity contribution < 1.29 is 19.0 Å². The van der Waals surface area contributed by atoms with Crippen molar-refractivity contribution in [2.75, 3.05) is 26.6 Å². The molecule has 2 aromatic carbocycles. The molecule has 0 spiro atoms. The zero-order valence-electron chi connectivity index (χ0n) is 20.4. The van der Waals surface area contributed by atoms with Gasteiger partial charge in [-0.3, -0.25) is 9.48 Å². The minimum Gasteiger partial charge on any atom is -0.497 e. The van der Waals surface area contributed by atoms with Gasteiger partial charge in [0.25, 0.3) is 5.91 Å². The summed E-state index contributed by atoms with van der Waals surface area (Å²) >= 11 is 6.20. The number of nitrogens with zero attached hydrogens (tertiary/aromatic N) is 4. The molecule has 3 aromatic heterocycles. The van der Waals surface area contributed by atoms with Crippen LogP contribution in [0.5, 0.6) is 17.2 Å². The summed E-state index contributed by atoms with van der Waals surface area (Å²) in [6, 6.07) is 18.1. The van der Waals surface area contributed by atoms with E-state index in [0.29, 0.717) is 40.1 Å². The number of carbonyl (C=O) groups excluding carboxylic acids is 1. The Labute approximate surface area is 218 Å².